The molecule has 22 heavy (non-hydrogen) atoms. The Morgan fingerprint density at radius 2 is 1.77 bits per heavy atom. The number of Topliss-reactive ketones (excluding diaryl/α,β-unsaturated/α-hetero) is 1. The largest absolute Gasteiger partial charge is 0.465 e. The summed E-state index contributed by atoms with van der Waals surface area (Å²) in [5, 5.41) is 0.371. The monoisotopic (exact) mass is 324 g/mol. The molecular formula is C16H17ClO5. The summed E-state index contributed by atoms with van der Waals surface area (Å²) in [5.41, 5.74) is -1.01. The Balaban J connectivity index is 2.65. The number of rotatable bonds is 4. The van der Waals surface area contributed by atoms with Gasteiger partial charge in [-0.25, -0.2) is 0 Å². The molecule has 0 aromatic heterocycles. The van der Waals surface area contributed by atoms with Crippen LogP contribution >= 0.6 is 11.6 Å². The molecule has 0 radical (unpaired) electrons. The highest BCUT2D eigenvalue weighted by molar-refractivity contribution is 6.31. The lowest BCUT2D eigenvalue weighted by Crippen LogP contribution is -2.49. The van der Waals surface area contributed by atoms with Crippen LogP contribution in [0, 0.1) is 0 Å². The van der Waals surface area contributed by atoms with Crippen molar-refractivity contribution in [2.45, 2.75) is 32.1 Å². The molecule has 6 heteroatoms. The molecule has 1 aromatic rings. The van der Waals surface area contributed by atoms with Gasteiger partial charge in [0.1, 0.15) is 0 Å². The minimum Gasteiger partial charge on any atom is -0.465 e. The second kappa shape index (κ2) is 6.48. The Bertz CT molecular complexity index is 605. The Labute approximate surface area is 133 Å². The number of esters is 2. The van der Waals surface area contributed by atoms with Crippen molar-refractivity contribution >= 4 is 29.3 Å². The van der Waals surface area contributed by atoms with Gasteiger partial charge >= 0.3 is 11.9 Å². The third kappa shape index (κ3) is 2.61. The number of ether oxygens (including phenoxy) is 2. The average Bonchev–Trinajstić information content (AvgIpc) is 2.48. The van der Waals surface area contributed by atoms with Crippen molar-refractivity contribution in [3.63, 3.8) is 0 Å². The lowest BCUT2D eigenvalue weighted by Gasteiger charge is -2.34. The lowest BCUT2D eigenvalue weighted by atomic mass is 9.69. The van der Waals surface area contributed by atoms with E-state index in [9.17, 15) is 14.4 Å². The minimum absolute atomic E-state index is 0.0398. The zero-order valence-corrected chi connectivity index (χ0v) is 13.2. The summed E-state index contributed by atoms with van der Waals surface area (Å²) >= 11 is 5.93. The number of fused-ring (bicyclic) bond motifs is 1. The molecule has 118 valence electrons. The fourth-order valence-corrected chi connectivity index (χ4v) is 2.88. The number of carbonyl (C=O) groups is 3. The summed E-state index contributed by atoms with van der Waals surface area (Å²) in [6.45, 7) is 3.59. The molecule has 0 unspecified atom stereocenters. The Morgan fingerprint density at radius 3 is 2.32 bits per heavy atom. The van der Waals surface area contributed by atoms with E-state index in [1.165, 1.54) is 12.1 Å². The first-order chi connectivity index (χ1) is 10.5. The lowest BCUT2D eigenvalue weighted by molar-refractivity contribution is -0.165. The van der Waals surface area contributed by atoms with Crippen molar-refractivity contribution in [2.75, 3.05) is 13.2 Å². The third-order valence-corrected chi connectivity index (χ3v) is 3.95. The van der Waals surface area contributed by atoms with Crippen LogP contribution in [-0.2, 0) is 24.5 Å². The van der Waals surface area contributed by atoms with E-state index < -0.39 is 17.4 Å². The highest BCUT2D eigenvalue weighted by Gasteiger charge is 2.54. The SMILES string of the molecule is CCOC(=O)C1(C(=O)OCC)CCC(=O)c2cc(Cl)ccc21. The summed E-state index contributed by atoms with van der Waals surface area (Å²) in [5.74, 6) is -1.53. The molecule has 1 aliphatic rings. The van der Waals surface area contributed by atoms with Crippen molar-refractivity contribution in [3.05, 3.63) is 34.3 Å². The second-order valence-electron chi connectivity index (χ2n) is 4.96. The molecule has 0 spiro atoms. The van der Waals surface area contributed by atoms with Crippen molar-refractivity contribution in [1.82, 2.24) is 0 Å². The average molecular weight is 325 g/mol. The zero-order valence-electron chi connectivity index (χ0n) is 12.5. The van der Waals surface area contributed by atoms with Crippen molar-refractivity contribution in [2.24, 2.45) is 0 Å². The summed E-state index contributed by atoms with van der Waals surface area (Å²) in [4.78, 5) is 37.2. The van der Waals surface area contributed by atoms with Gasteiger partial charge in [-0.3, -0.25) is 14.4 Å². The van der Waals surface area contributed by atoms with E-state index >= 15 is 0 Å². The van der Waals surface area contributed by atoms with Crippen LogP contribution in [-0.4, -0.2) is 30.9 Å². The van der Waals surface area contributed by atoms with Gasteiger partial charge in [0.15, 0.2) is 11.2 Å². The van der Waals surface area contributed by atoms with Gasteiger partial charge in [0.05, 0.1) is 13.2 Å². The van der Waals surface area contributed by atoms with Crippen LogP contribution in [0.1, 0.15) is 42.6 Å². The van der Waals surface area contributed by atoms with Crippen LogP contribution in [0.4, 0.5) is 0 Å². The normalized spacial score (nSPS) is 15.9. The van der Waals surface area contributed by atoms with E-state index in [2.05, 4.69) is 0 Å². The smallest absolute Gasteiger partial charge is 0.328 e. The maximum atomic E-state index is 12.5. The predicted octanol–water partition coefficient (Wildman–Crippen LogP) is 2.68. The Kier molecular flexibility index (Phi) is 4.86. The van der Waals surface area contributed by atoms with Gasteiger partial charge in [0.25, 0.3) is 0 Å². The highest BCUT2D eigenvalue weighted by atomic mass is 35.5. The molecule has 1 aliphatic carbocycles. The number of halogens is 1. The van der Waals surface area contributed by atoms with Crippen molar-refractivity contribution in [1.29, 1.82) is 0 Å². The van der Waals surface area contributed by atoms with Gasteiger partial charge < -0.3 is 9.47 Å². The van der Waals surface area contributed by atoms with Gasteiger partial charge in [-0.15, -0.1) is 0 Å². The van der Waals surface area contributed by atoms with E-state index in [0.717, 1.165) is 0 Å². The Hall–Kier alpha value is -1.88. The fourth-order valence-electron chi connectivity index (χ4n) is 2.71. The van der Waals surface area contributed by atoms with Crippen LogP contribution in [0.3, 0.4) is 0 Å². The highest BCUT2D eigenvalue weighted by Crippen LogP contribution is 2.40. The van der Waals surface area contributed by atoms with Gasteiger partial charge in [0, 0.05) is 17.0 Å². The van der Waals surface area contributed by atoms with E-state index in [1.54, 1.807) is 19.9 Å². The quantitative estimate of drug-likeness (QED) is 0.629. The summed E-state index contributed by atoms with van der Waals surface area (Å²) in [6.07, 6.45) is 0.100. The molecule has 2 rings (SSSR count). The van der Waals surface area contributed by atoms with Crippen LogP contribution in [0.5, 0.6) is 0 Å². The standard InChI is InChI=1S/C16H17ClO5/c1-3-21-14(19)16(15(20)22-4-2)8-7-13(18)11-9-10(17)5-6-12(11)16/h5-6,9H,3-4,7-8H2,1-2H3. The molecule has 0 aliphatic heterocycles. The second-order valence-corrected chi connectivity index (χ2v) is 5.40. The van der Waals surface area contributed by atoms with Crippen LogP contribution in [0.15, 0.2) is 18.2 Å². The third-order valence-electron chi connectivity index (χ3n) is 3.72. The number of benzene rings is 1. The van der Waals surface area contributed by atoms with Crippen LogP contribution in [0.25, 0.3) is 0 Å². The summed E-state index contributed by atoms with van der Waals surface area (Å²) < 4.78 is 10.2. The molecule has 0 amide bonds. The summed E-state index contributed by atoms with van der Waals surface area (Å²) in [7, 11) is 0. The maximum absolute atomic E-state index is 12.5. The predicted molar refractivity (Wildman–Crippen MR) is 80.0 cm³/mol. The molecule has 0 bridgehead atoms. The maximum Gasteiger partial charge on any atom is 0.328 e. The molecule has 0 atom stereocenters. The van der Waals surface area contributed by atoms with Gasteiger partial charge in [-0.2, -0.15) is 0 Å². The van der Waals surface area contributed by atoms with Crippen molar-refractivity contribution < 1.29 is 23.9 Å². The number of ketones is 1. The van der Waals surface area contributed by atoms with Crippen LogP contribution < -0.4 is 0 Å². The van der Waals surface area contributed by atoms with Crippen LogP contribution in [0.2, 0.25) is 5.02 Å². The van der Waals surface area contributed by atoms with Gasteiger partial charge in [0.2, 0.25) is 0 Å². The molecule has 0 N–H and O–H groups in total. The first-order valence-electron chi connectivity index (χ1n) is 7.15. The van der Waals surface area contributed by atoms with Crippen molar-refractivity contribution in [3.8, 4) is 0 Å². The number of hydrogen-bond donors (Lipinski definition) is 0. The zero-order chi connectivity index (χ0) is 16.3. The van der Waals surface area contributed by atoms with Gasteiger partial charge in [-0.1, -0.05) is 17.7 Å². The molecule has 0 heterocycles. The van der Waals surface area contributed by atoms with E-state index in [-0.39, 0.29) is 37.4 Å². The van der Waals surface area contributed by atoms with E-state index in [4.69, 9.17) is 21.1 Å². The first kappa shape index (κ1) is 16.5. The molecule has 5 nitrogen and oxygen atoms in total. The van der Waals surface area contributed by atoms with Gasteiger partial charge in [-0.05, 0) is 38.0 Å². The topological polar surface area (TPSA) is 69.7 Å². The molecule has 0 fully saturated rings. The Morgan fingerprint density at radius 1 is 1.18 bits per heavy atom. The molecule has 0 saturated heterocycles. The number of hydrogen-bond acceptors (Lipinski definition) is 5. The fraction of sp³-hybridized carbons (Fsp3) is 0.438. The summed E-state index contributed by atoms with van der Waals surface area (Å²) in [6, 6.07) is 4.56. The number of carbonyl (C=O) groups excluding carboxylic acids is 3. The van der Waals surface area contributed by atoms with E-state index in [0.29, 0.717) is 10.6 Å². The molecule has 1 aromatic carbocycles. The molecular weight excluding hydrogens is 308 g/mol. The molecule has 0 saturated carbocycles. The van der Waals surface area contributed by atoms with E-state index in [1.807, 2.05) is 0 Å². The first-order valence-corrected chi connectivity index (χ1v) is 7.52. The minimum atomic E-state index is -1.60.